The quantitative estimate of drug-likeness (QED) is 0.821. The van der Waals surface area contributed by atoms with Crippen LogP contribution >= 0.6 is 0 Å². The average molecular weight is 233 g/mol. The molecule has 0 aliphatic heterocycles. The van der Waals surface area contributed by atoms with Crippen LogP contribution in [-0.2, 0) is 0 Å². The highest BCUT2D eigenvalue weighted by Gasteiger charge is 2.27. The Bertz CT molecular complexity index is 583. The topological polar surface area (TPSA) is 75.1 Å². The third kappa shape index (κ3) is 2.02. The lowest BCUT2D eigenvalue weighted by atomic mass is 10.1. The Kier molecular flexibility index (Phi) is 2.35. The van der Waals surface area contributed by atoms with Crippen molar-refractivity contribution in [2.75, 3.05) is 11.9 Å². The monoisotopic (exact) mass is 233 g/mol. The third-order valence-corrected chi connectivity index (χ3v) is 3.34. The molecule has 3 rings (SSSR count). The number of fused-ring (bicyclic) bond motifs is 1. The van der Waals surface area contributed by atoms with Crippen molar-refractivity contribution >= 4 is 11.5 Å². The summed E-state index contributed by atoms with van der Waals surface area (Å²) in [5, 5.41) is 9.57. The first kappa shape index (κ1) is 10.3. The van der Waals surface area contributed by atoms with Crippen molar-refractivity contribution in [3.8, 4) is 0 Å². The molecule has 0 radical (unpaired) electrons. The summed E-state index contributed by atoms with van der Waals surface area (Å²) in [6.07, 6.45) is 4.19. The van der Waals surface area contributed by atoms with Gasteiger partial charge in [-0.25, -0.2) is 19.3 Å². The van der Waals surface area contributed by atoms with E-state index >= 15 is 0 Å². The summed E-state index contributed by atoms with van der Waals surface area (Å²) < 4.78 is 1.38. The van der Waals surface area contributed by atoms with Crippen molar-refractivity contribution < 1.29 is 0 Å². The predicted octanol–water partition coefficient (Wildman–Crippen LogP) is 0.876. The van der Waals surface area contributed by atoms with Crippen LogP contribution in [0.3, 0.4) is 0 Å². The van der Waals surface area contributed by atoms with E-state index in [0.29, 0.717) is 11.6 Å². The normalized spacial score (nSPS) is 17.2. The fourth-order valence-corrected chi connectivity index (χ4v) is 2.00. The van der Waals surface area contributed by atoms with Gasteiger partial charge in [-0.3, -0.25) is 0 Å². The van der Waals surface area contributed by atoms with Gasteiger partial charge in [-0.05, 0) is 24.7 Å². The zero-order valence-electron chi connectivity index (χ0n) is 9.68. The Hall–Kier alpha value is -1.85. The van der Waals surface area contributed by atoms with E-state index in [-0.39, 0.29) is 5.69 Å². The van der Waals surface area contributed by atoms with E-state index in [2.05, 4.69) is 27.4 Å². The van der Waals surface area contributed by atoms with E-state index in [1.807, 2.05) is 0 Å². The fourth-order valence-electron chi connectivity index (χ4n) is 2.00. The molecular formula is C11H15N5O. The van der Waals surface area contributed by atoms with Crippen LogP contribution in [0.1, 0.15) is 19.8 Å². The minimum absolute atomic E-state index is 0.259. The van der Waals surface area contributed by atoms with E-state index < -0.39 is 0 Å². The SMILES string of the molecule is CC(CNc1cc2n[nH]c(=O)n2cn1)C1CC1. The molecule has 0 amide bonds. The predicted molar refractivity (Wildman–Crippen MR) is 64.0 cm³/mol. The van der Waals surface area contributed by atoms with Crippen LogP contribution in [0.15, 0.2) is 17.2 Å². The summed E-state index contributed by atoms with van der Waals surface area (Å²) in [5.41, 5.74) is 0.331. The van der Waals surface area contributed by atoms with Gasteiger partial charge in [0.15, 0.2) is 5.65 Å². The zero-order chi connectivity index (χ0) is 11.8. The Balaban J connectivity index is 1.74. The number of aromatic amines is 1. The molecule has 1 saturated carbocycles. The maximum atomic E-state index is 11.2. The van der Waals surface area contributed by atoms with Gasteiger partial charge in [0.05, 0.1) is 0 Å². The molecule has 2 heterocycles. The molecule has 0 aromatic carbocycles. The fraction of sp³-hybridized carbons (Fsp3) is 0.545. The van der Waals surface area contributed by atoms with Crippen molar-refractivity contribution in [2.45, 2.75) is 19.8 Å². The van der Waals surface area contributed by atoms with E-state index in [0.717, 1.165) is 18.3 Å². The maximum Gasteiger partial charge on any atom is 0.348 e. The van der Waals surface area contributed by atoms with Crippen molar-refractivity contribution in [3.63, 3.8) is 0 Å². The molecule has 90 valence electrons. The van der Waals surface area contributed by atoms with Crippen LogP contribution in [0.25, 0.3) is 5.65 Å². The van der Waals surface area contributed by atoms with Gasteiger partial charge in [0, 0.05) is 12.6 Å². The van der Waals surface area contributed by atoms with Crippen LogP contribution in [0.5, 0.6) is 0 Å². The minimum atomic E-state index is -0.259. The molecule has 2 aromatic heterocycles. The van der Waals surface area contributed by atoms with Crippen molar-refractivity contribution in [3.05, 3.63) is 22.9 Å². The van der Waals surface area contributed by atoms with Crippen molar-refractivity contribution in [2.24, 2.45) is 11.8 Å². The van der Waals surface area contributed by atoms with Crippen LogP contribution in [0.2, 0.25) is 0 Å². The average Bonchev–Trinajstić information content (AvgIpc) is 3.12. The Morgan fingerprint density at radius 3 is 3.24 bits per heavy atom. The first-order valence-electron chi connectivity index (χ1n) is 5.90. The van der Waals surface area contributed by atoms with E-state index in [1.165, 1.54) is 23.6 Å². The van der Waals surface area contributed by atoms with Gasteiger partial charge in [0.2, 0.25) is 0 Å². The molecule has 1 unspecified atom stereocenters. The van der Waals surface area contributed by atoms with Gasteiger partial charge in [0.1, 0.15) is 12.1 Å². The molecule has 2 N–H and O–H groups in total. The molecule has 0 saturated heterocycles. The standard InChI is InChI=1S/C11H15N5O/c1-7(8-2-3-8)5-12-9-4-10-14-15-11(17)16(10)6-13-9/h4,6-8,12H,2-3,5H2,1H3,(H,15,17). The molecule has 0 bridgehead atoms. The van der Waals surface area contributed by atoms with Gasteiger partial charge in [-0.2, -0.15) is 5.10 Å². The van der Waals surface area contributed by atoms with E-state index in [1.54, 1.807) is 6.07 Å². The number of rotatable bonds is 4. The number of hydrogen-bond donors (Lipinski definition) is 2. The van der Waals surface area contributed by atoms with Crippen LogP contribution < -0.4 is 11.0 Å². The van der Waals surface area contributed by atoms with Gasteiger partial charge in [-0.15, -0.1) is 0 Å². The highest BCUT2D eigenvalue weighted by atomic mass is 16.1. The molecule has 1 aliphatic rings. The highest BCUT2D eigenvalue weighted by molar-refractivity contribution is 5.48. The Morgan fingerprint density at radius 2 is 2.47 bits per heavy atom. The molecule has 17 heavy (non-hydrogen) atoms. The summed E-state index contributed by atoms with van der Waals surface area (Å²) in [5.74, 6) is 2.32. The lowest BCUT2D eigenvalue weighted by molar-refractivity contribution is 0.536. The number of H-pyrrole nitrogens is 1. The Labute approximate surface area is 98.1 Å². The lowest BCUT2D eigenvalue weighted by Crippen LogP contribution is -2.15. The summed E-state index contributed by atoms with van der Waals surface area (Å²) in [6.45, 7) is 3.17. The molecule has 6 nitrogen and oxygen atoms in total. The molecule has 1 aliphatic carbocycles. The summed E-state index contributed by atoms with van der Waals surface area (Å²) >= 11 is 0. The van der Waals surface area contributed by atoms with Crippen molar-refractivity contribution in [1.29, 1.82) is 0 Å². The number of aromatic nitrogens is 4. The van der Waals surface area contributed by atoms with E-state index in [9.17, 15) is 4.79 Å². The van der Waals surface area contributed by atoms with Gasteiger partial charge in [-0.1, -0.05) is 6.92 Å². The highest BCUT2D eigenvalue weighted by Crippen LogP contribution is 2.36. The van der Waals surface area contributed by atoms with Gasteiger partial charge in [0.25, 0.3) is 0 Å². The second kappa shape index (κ2) is 3.87. The maximum absolute atomic E-state index is 11.2. The lowest BCUT2D eigenvalue weighted by Gasteiger charge is -2.11. The smallest absolute Gasteiger partial charge is 0.348 e. The minimum Gasteiger partial charge on any atom is -0.370 e. The largest absolute Gasteiger partial charge is 0.370 e. The molecule has 1 fully saturated rings. The third-order valence-electron chi connectivity index (χ3n) is 3.34. The van der Waals surface area contributed by atoms with Gasteiger partial charge >= 0.3 is 5.69 Å². The molecule has 2 aromatic rings. The van der Waals surface area contributed by atoms with Crippen LogP contribution in [0, 0.1) is 11.8 Å². The van der Waals surface area contributed by atoms with E-state index in [4.69, 9.17) is 0 Å². The van der Waals surface area contributed by atoms with Gasteiger partial charge < -0.3 is 5.32 Å². The second-order valence-electron chi connectivity index (χ2n) is 4.73. The first-order chi connectivity index (χ1) is 8.24. The summed E-state index contributed by atoms with van der Waals surface area (Å²) in [7, 11) is 0. The van der Waals surface area contributed by atoms with Crippen molar-refractivity contribution in [1.82, 2.24) is 19.6 Å². The number of anilines is 1. The number of nitrogens with one attached hydrogen (secondary N) is 2. The first-order valence-corrected chi connectivity index (χ1v) is 5.90. The summed E-state index contributed by atoms with van der Waals surface area (Å²) in [4.78, 5) is 15.4. The molecular weight excluding hydrogens is 218 g/mol. The van der Waals surface area contributed by atoms with Crippen LogP contribution in [-0.4, -0.2) is 26.1 Å². The molecule has 6 heteroatoms. The molecule has 1 atom stereocenters. The zero-order valence-corrected chi connectivity index (χ0v) is 9.68. The number of nitrogens with zero attached hydrogens (tertiary/aromatic N) is 3. The Morgan fingerprint density at radius 1 is 1.65 bits per heavy atom. The second-order valence-corrected chi connectivity index (χ2v) is 4.73. The molecule has 0 spiro atoms. The summed E-state index contributed by atoms with van der Waals surface area (Å²) in [6, 6.07) is 1.78. The van der Waals surface area contributed by atoms with Crippen LogP contribution in [0.4, 0.5) is 5.82 Å². The number of hydrogen-bond acceptors (Lipinski definition) is 4.